The molecule has 0 N–H and O–H groups in total. The molecule has 1 saturated heterocycles. The molecular weight excluding hydrogens is 378 g/mol. The quantitative estimate of drug-likeness (QED) is 0.150. The highest BCUT2D eigenvalue weighted by Crippen LogP contribution is 2.22. The zero-order valence-corrected chi connectivity index (χ0v) is 20.2. The van der Waals surface area contributed by atoms with Crippen molar-refractivity contribution in [2.75, 3.05) is 13.2 Å². The maximum Gasteiger partial charge on any atom is 0.330 e. The van der Waals surface area contributed by atoms with E-state index in [0.29, 0.717) is 6.61 Å². The average molecular weight is 421 g/mol. The van der Waals surface area contributed by atoms with Gasteiger partial charge in [0, 0.05) is 6.08 Å². The lowest BCUT2D eigenvalue weighted by Gasteiger charge is -2.16. The lowest BCUT2D eigenvalue weighted by atomic mass is 10.1. The SMILES string of the molecule is CC(C)=CCC/C(C)=C/CC/C(C)=C/CC/[13C]([13CH3])=C/C(=O)OC[C@@H]1COC(C)(C)O1. The van der Waals surface area contributed by atoms with E-state index >= 15 is 0 Å². The van der Waals surface area contributed by atoms with Crippen LogP contribution in [-0.4, -0.2) is 31.1 Å². The summed E-state index contributed by atoms with van der Waals surface area (Å²) in [4.78, 5) is 12.0. The molecule has 0 spiro atoms. The minimum absolute atomic E-state index is 0.187. The summed E-state index contributed by atoms with van der Waals surface area (Å²) in [5, 5.41) is 0. The van der Waals surface area contributed by atoms with Gasteiger partial charge in [-0.15, -0.1) is 0 Å². The molecule has 4 nitrogen and oxygen atoms in total. The number of ether oxygens (including phenoxy) is 3. The van der Waals surface area contributed by atoms with E-state index < -0.39 is 5.79 Å². The maximum atomic E-state index is 12.0. The number of hydrogen-bond acceptors (Lipinski definition) is 4. The van der Waals surface area contributed by atoms with Crippen LogP contribution >= 0.6 is 0 Å². The van der Waals surface area contributed by atoms with Gasteiger partial charge in [-0.3, -0.25) is 0 Å². The fraction of sp³-hybridized carbons (Fsp3) is 0.654. The van der Waals surface area contributed by atoms with Crippen molar-refractivity contribution in [3.05, 3.63) is 46.6 Å². The zero-order chi connectivity index (χ0) is 22.6. The van der Waals surface area contributed by atoms with Gasteiger partial charge < -0.3 is 14.2 Å². The fourth-order valence-corrected chi connectivity index (χ4v) is 3.22. The summed E-state index contributed by atoms with van der Waals surface area (Å²) < 4.78 is 16.4. The Balaban J connectivity index is 2.24. The van der Waals surface area contributed by atoms with Crippen molar-refractivity contribution in [1.82, 2.24) is 0 Å². The first-order chi connectivity index (χ1) is 14.1. The van der Waals surface area contributed by atoms with E-state index in [1.54, 1.807) is 6.08 Å². The van der Waals surface area contributed by atoms with Crippen molar-refractivity contribution in [3.63, 3.8) is 0 Å². The van der Waals surface area contributed by atoms with Gasteiger partial charge in [-0.1, -0.05) is 40.5 Å². The van der Waals surface area contributed by atoms with Crippen LogP contribution in [-0.2, 0) is 19.0 Å². The molecule has 1 fully saturated rings. The van der Waals surface area contributed by atoms with Gasteiger partial charge in [-0.2, -0.15) is 0 Å². The van der Waals surface area contributed by atoms with Crippen LogP contribution < -0.4 is 0 Å². The van der Waals surface area contributed by atoms with Gasteiger partial charge >= 0.3 is 5.97 Å². The van der Waals surface area contributed by atoms with Crippen molar-refractivity contribution in [2.45, 2.75) is 98.9 Å². The minimum atomic E-state index is -0.590. The van der Waals surface area contributed by atoms with Crippen LogP contribution in [0.25, 0.3) is 0 Å². The number of carbonyl (C=O) groups is 1. The second-order valence-electron chi connectivity index (χ2n) is 9.07. The van der Waals surface area contributed by atoms with Crippen molar-refractivity contribution < 1.29 is 19.0 Å². The first-order valence-electron chi connectivity index (χ1n) is 11.2. The number of hydrogen-bond donors (Lipinski definition) is 0. The minimum Gasteiger partial charge on any atom is -0.460 e. The van der Waals surface area contributed by atoms with Crippen molar-refractivity contribution in [2.24, 2.45) is 0 Å². The summed E-state index contributed by atoms with van der Waals surface area (Å²) in [6.07, 6.45) is 14.6. The molecule has 170 valence electrons. The van der Waals surface area contributed by atoms with Crippen LogP contribution in [0.15, 0.2) is 46.6 Å². The molecule has 30 heavy (non-hydrogen) atoms. The summed E-state index contributed by atoms with van der Waals surface area (Å²) in [6, 6.07) is 0. The number of esters is 1. The molecule has 0 aromatic rings. The predicted molar refractivity (Wildman–Crippen MR) is 124 cm³/mol. The average Bonchev–Trinajstić information content (AvgIpc) is 2.98. The Labute approximate surface area is 184 Å². The van der Waals surface area contributed by atoms with Gasteiger partial charge in [-0.25, -0.2) is 4.79 Å². The molecular formula is C26H42O4. The summed E-state index contributed by atoms with van der Waals surface area (Å²) in [5.41, 5.74) is 5.29. The number of rotatable bonds is 12. The summed E-state index contributed by atoms with van der Waals surface area (Å²) in [5.74, 6) is -0.900. The van der Waals surface area contributed by atoms with Gasteiger partial charge in [0.05, 0.1) is 6.61 Å². The topological polar surface area (TPSA) is 44.8 Å². The molecule has 0 saturated carbocycles. The van der Waals surface area contributed by atoms with E-state index in [1.807, 2.05) is 20.8 Å². The molecule has 0 aromatic heterocycles. The lowest BCUT2D eigenvalue weighted by Crippen LogP contribution is -2.24. The van der Waals surface area contributed by atoms with E-state index in [2.05, 4.69) is 45.9 Å². The Morgan fingerprint density at radius 3 is 1.93 bits per heavy atom. The van der Waals surface area contributed by atoms with Crippen molar-refractivity contribution in [1.29, 1.82) is 0 Å². The third-order valence-corrected chi connectivity index (χ3v) is 5.00. The number of carbonyl (C=O) groups excluding carboxylic acids is 1. The maximum absolute atomic E-state index is 12.0. The van der Waals surface area contributed by atoms with Gasteiger partial charge in [-0.05, 0) is 87.0 Å². The Kier molecular flexibility index (Phi) is 12.0. The van der Waals surface area contributed by atoms with E-state index in [4.69, 9.17) is 14.2 Å². The first-order valence-corrected chi connectivity index (χ1v) is 11.2. The molecule has 0 bridgehead atoms. The van der Waals surface area contributed by atoms with Gasteiger partial charge in [0.2, 0.25) is 0 Å². The largest absolute Gasteiger partial charge is 0.460 e. The Hall–Kier alpha value is -1.65. The van der Waals surface area contributed by atoms with Gasteiger partial charge in [0.15, 0.2) is 5.79 Å². The van der Waals surface area contributed by atoms with Crippen LogP contribution in [0, 0.1) is 0 Å². The first kappa shape index (κ1) is 26.4. The Bertz CT molecular complexity index is 661. The molecule has 4 heteroatoms. The summed E-state index contributed by atoms with van der Waals surface area (Å²) >= 11 is 0. The molecule has 1 atom stereocenters. The summed E-state index contributed by atoms with van der Waals surface area (Å²) in [6.45, 7) is 15.1. The number of allylic oxidation sites excluding steroid dienone is 7. The molecule has 1 rings (SSSR count). The van der Waals surface area contributed by atoms with Gasteiger partial charge in [0.1, 0.15) is 12.7 Å². The van der Waals surface area contributed by atoms with Crippen LogP contribution in [0.3, 0.4) is 0 Å². The van der Waals surface area contributed by atoms with Crippen molar-refractivity contribution in [3.8, 4) is 0 Å². The Morgan fingerprint density at radius 1 is 0.900 bits per heavy atom. The second-order valence-corrected chi connectivity index (χ2v) is 9.07. The lowest BCUT2D eigenvalue weighted by molar-refractivity contribution is -0.154. The van der Waals surface area contributed by atoms with E-state index in [9.17, 15) is 4.79 Å². The zero-order valence-electron chi connectivity index (χ0n) is 20.2. The molecule has 1 aliphatic rings. The van der Waals surface area contributed by atoms with Crippen molar-refractivity contribution >= 4 is 5.97 Å². The van der Waals surface area contributed by atoms with E-state index in [-0.39, 0.29) is 18.7 Å². The highest BCUT2D eigenvalue weighted by molar-refractivity contribution is 5.82. The smallest absolute Gasteiger partial charge is 0.330 e. The third kappa shape index (κ3) is 12.8. The highest BCUT2D eigenvalue weighted by Gasteiger charge is 2.33. The second kappa shape index (κ2) is 13.6. The monoisotopic (exact) mass is 420 g/mol. The van der Waals surface area contributed by atoms with Gasteiger partial charge in [0.25, 0.3) is 0 Å². The highest BCUT2D eigenvalue weighted by atomic mass is 16.7. The van der Waals surface area contributed by atoms with Crippen LogP contribution in [0.2, 0.25) is 0 Å². The molecule has 1 aliphatic heterocycles. The van der Waals surface area contributed by atoms with Crippen LogP contribution in [0.4, 0.5) is 0 Å². The molecule has 0 unspecified atom stereocenters. The predicted octanol–water partition coefficient (Wildman–Crippen LogP) is 6.83. The van der Waals surface area contributed by atoms with Crippen LogP contribution in [0.5, 0.6) is 0 Å². The fourth-order valence-electron chi connectivity index (χ4n) is 3.22. The molecule has 0 aromatic carbocycles. The molecule has 0 amide bonds. The normalized spacial score (nSPS) is 19.7. The van der Waals surface area contributed by atoms with E-state index in [0.717, 1.165) is 44.1 Å². The molecule has 0 radical (unpaired) electrons. The summed E-state index contributed by atoms with van der Waals surface area (Å²) in [7, 11) is 0. The molecule has 0 aliphatic carbocycles. The Morgan fingerprint density at radius 2 is 1.43 bits per heavy atom. The third-order valence-electron chi connectivity index (χ3n) is 5.00. The molecule has 1 heterocycles. The van der Waals surface area contributed by atoms with E-state index in [1.165, 1.54) is 16.7 Å². The van der Waals surface area contributed by atoms with Crippen LogP contribution in [0.1, 0.15) is 87.0 Å². The standard InChI is InChI=1S/C26H42O4/c1-20(2)11-8-12-21(3)13-9-14-22(4)15-10-16-23(5)17-25(27)28-18-24-19-29-26(6,7)30-24/h11,13,15,17,24H,8-10,12,14,16,18-19H2,1-7H3/b21-13+,22-15+,23-17+/t24-/m1/s1/i5+1,23+1.